The van der Waals surface area contributed by atoms with Crippen LogP contribution >= 0.6 is 23.2 Å². The molecule has 0 aromatic heterocycles. The second kappa shape index (κ2) is 6.64. The third-order valence-electron chi connectivity index (χ3n) is 2.74. The molecule has 0 fully saturated rings. The molecule has 2 aromatic rings. The van der Waals surface area contributed by atoms with Crippen LogP contribution in [0.15, 0.2) is 42.5 Å². The third-order valence-corrected chi connectivity index (χ3v) is 3.17. The average molecular weight is 310 g/mol. The third kappa shape index (κ3) is 4.44. The topological polar surface area (TPSA) is 49.3 Å². The normalized spacial score (nSPS) is 10.3. The van der Waals surface area contributed by atoms with E-state index in [2.05, 4.69) is 5.32 Å². The standard InChI is InChI=1S/C15H13Cl2NO2/c16-12-6-13(17)8-14(7-12)18-9-11-3-1-10(2-4-11)5-15(19)20/h1-4,6-8,18H,5,9H2,(H,19,20). The molecule has 0 radical (unpaired) electrons. The van der Waals surface area contributed by atoms with Gasteiger partial charge in [-0.15, -0.1) is 0 Å². The molecule has 0 bridgehead atoms. The Kier molecular flexibility index (Phi) is 4.88. The largest absolute Gasteiger partial charge is 0.481 e. The van der Waals surface area contributed by atoms with Gasteiger partial charge in [-0.05, 0) is 29.3 Å². The van der Waals surface area contributed by atoms with Gasteiger partial charge in [0.1, 0.15) is 0 Å². The number of carboxylic acid groups (broad SMARTS) is 1. The molecule has 2 rings (SSSR count). The van der Waals surface area contributed by atoms with E-state index in [1.165, 1.54) is 0 Å². The number of hydrogen-bond donors (Lipinski definition) is 2. The molecule has 0 unspecified atom stereocenters. The fourth-order valence-electron chi connectivity index (χ4n) is 1.81. The van der Waals surface area contributed by atoms with Crippen molar-refractivity contribution in [3.05, 3.63) is 63.6 Å². The Balaban J connectivity index is 1.98. The molecule has 0 amide bonds. The number of carbonyl (C=O) groups is 1. The van der Waals surface area contributed by atoms with Crippen LogP contribution in [0.1, 0.15) is 11.1 Å². The number of benzene rings is 2. The van der Waals surface area contributed by atoms with Crippen LogP contribution in [-0.2, 0) is 17.8 Å². The molecule has 0 saturated heterocycles. The van der Waals surface area contributed by atoms with E-state index < -0.39 is 5.97 Å². The first-order chi connectivity index (χ1) is 9.52. The van der Waals surface area contributed by atoms with Crippen molar-refractivity contribution in [2.45, 2.75) is 13.0 Å². The van der Waals surface area contributed by atoms with Gasteiger partial charge in [-0.2, -0.15) is 0 Å². The van der Waals surface area contributed by atoms with E-state index in [-0.39, 0.29) is 6.42 Å². The molecule has 0 aliphatic heterocycles. The maximum Gasteiger partial charge on any atom is 0.307 e. The van der Waals surface area contributed by atoms with Crippen molar-refractivity contribution in [3.63, 3.8) is 0 Å². The number of nitrogens with one attached hydrogen (secondary N) is 1. The zero-order valence-electron chi connectivity index (χ0n) is 10.6. The number of aliphatic carboxylic acids is 1. The van der Waals surface area contributed by atoms with Crippen molar-refractivity contribution < 1.29 is 9.90 Å². The Morgan fingerprint density at radius 1 is 1.00 bits per heavy atom. The number of anilines is 1. The van der Waals surface area contributed by atoms with E-state index in [1.807, 2.05) is 24.3 Å². The van der Waals surface area contributed by atoms with Gasteiger partial charge in [-0.25, -0.2) is 0 Å². The fraction of sp³-hybridized carbons (Fsp3) is 0.133. The van der Waals surface area contributed by atoms with E-state index in [0.29, 0.717) is 16.6 Å². The van der Waals surface area contributed by atoms with Gasteiger partial charge in [0.2, 0.25) is 0 Å². The Morgan fingerprint density at radius 3 is 2.10 bits per heavy atom. The summed E-state index contributed by atoms with van der Waals surface area (Å²) in [6.07, 6.45) is 0.0393. The first-order valence-corrected chi connectivity index (χ1v) is 6.78. The molecule has 0 saturated carbocycles. The highest BCUT2D eigenvalue weighted by atomic mass is 35.5. The average Bonchev–Trinajstić information content (AvgIpc) is 2.36. The maximum absolute atomic E-state index is 10.6. The smallest absolute Gasteiger partial charge is 0.307 e. The van der Waals surface area contributed by atoms with E-state index >= 15 is 0 Å². The lowest BCUT2D eigenvalue weighted by molar-refractivity contribution is -0.136. The first-order valence-electron chi connectivity index (χ1n) is 6.02. The van der Waals surface area contributed by atoms with Crippen LogP contribution in [0.2, 0.25) is 10.0 Å². The van der Waals surface area contributed by atoms with Crippen LogP contribution in [0, 0.1) is 0 Å². The van der Waals surface area contributed by atoms with Gasteiger partial charge in [-0.1, -0.05) is 47.5 Å². The maximum atomic E-state index is 10.6. The van der Waals surface area contributed by atoms with Crippen molar-refractivity contribution >= 4 is 34.9 Å². The van der Waals surface area contributed by atoms with Crippen LogP contribution in [0.25, 0.3) is 0 Å². The molecule has 0 atom stereocenters. The molecule has 20 heavy (non-hydrogen) atoms. The fourth-order valence-corrected chi connectivity index (χ4v) is 2.34. The van der Waals surface area contributed by atoms with Gasteiger partial charge in [0.15, 0.2) is 0 Å². The summed E-state index contributed by atoms with van der Waals surface area (Å²) in [7, 11) is 0. The number of hydrogen-bond acceptors (Lipinski definition) is 2. The van der Waals surface area contributed by atoms with Crippen molar-refractivity contribution in [2.24, 2.45) is 0 Å². The summed E-state index contributed by atoms with van der Waals surface area (Å²) in [6, 6.07) is 12.7. The summed E-state index contributed by atoms with van der Waals surface area (Å²) >= 11 is 11.8. The molecule has 2 aromatic carbocycles. The van der Waals surface area contributed by atoms with E-state index in [1.54, 1.807) is 18.2 Å². The van der Waals surface area contributed by atoms with Gasteiger partial charge >= 0.3 is 5.97 Å². The zero-order valence-corrected chi connectivity index (χ0v) is 12.1. The lowest BCUT2D eigenvalue weighted by Crippen LogP contribution is -2.02. The highest BCUT2D eigenvalue weighted by Crippen LogP contribution is 2.22. The van der Waals surface area contributed by atoms with Crippen LogP contribution in [0.4, 0.5) is 5.69 Å². The van der Waals surface area contributed by atoms with E-state index in [0.717, 1.165) is 16.8 Å². The number of carboxylic acids is 1. The quantitative estimate of drug-likeness (QED) is 0.869. The van der Waals surface area contributed by atoms with Crippen molar-refractivity contribution in [3.8, 4) is 0 Å². The minimum Gasteiger partial charge on any atom is -0.481 e. The second-order valence-corrected chi connectivity index (χ2v) is 5.27. The number of halogens is 2. The van der Waals surface area contributed by atoms with Crippen LogP contribution < -0.4 is 5.32 Å². The summed E-state index contributed by atoms with van der Waals surface area (Å²) < 4.78 is 0. The molecule has 2 N–H and O–H groups in total. The molecule has 0 aliphatic rings. The van der Waals surface area contributed by atoms with Gasteiger partial charge in [0.25, 0.3) is 0 Å². The number of rotatable bonds is 5. The highest BCUT2D eigenvalue weighted by Gasteiger charge is 2.01. The molecule has 5 heteroatoms. The van der Waals surface area contributed by atoms with Gasteiger partial charge in [0.05, 0.1) is 6.42 Å². The molecule has 104 valence electrons. The second-order valence-electron chi connectivity index (χ2n) is 4.40. The van der Waals surface area contributed by atoms with E-state index in [9.17, 15) is 4.79 Å². The Morgan fingerprint density at radius 2 is 1.55 bits per heavy atom. The molecule has 0 spiro atoms. The summed E-state index contributed by atoms with van der Waals surface area (Å²) in [5.41, 5.74) is 2.68. The van der Waals surface area contributed by atoms with Crippen molar-refractivity contribution in [1.29, 1.82) is 0 Å². The van der Waals surface area contributed by atoms with Crippen LogP contribution in [0.3, 0.4) is 0 Å². The zero-order chi connectivity index (χ0) is 14.5. The summed E-state index contributed by atoms with van der Waals surface area (Å²) in [5, 5.41) is 13.1. The van der Waals surface area contributed by atoms with Crippen LogP contribution in [-0.4, -0.2) is 11.1 Å². The monoisotopic (exact) mass is 309 g/mol. The van der Waals surface area contributed by atoms with Crippen molar-refractivity contribution in [1.82, 2.24) is 0 Å². The lowest BCUT2D eigenvalue weighted by Gasteiger charge is -2.08. The molecule has 3 nitrogen and oxygen atoms in total. The van der Waals surface area contributed by atoms with E-state index in [4.69, 9.17) is 28.3 Å². The Hall–Kier alpha value is -1.71. The summed E-state index contributed by atoms with van der Waals surface area (Å²) in [6.45, 7) is 0.615. The van der Waals surface area contributed by atoms with Gasteiger partial charge < -0.3 is 10.4 Å². The Bertz CT molecular complexity index is 592. The Labute approximate surface area is 127 Å². The molecule has 0 heterocycles. The molecular formula is C15H13Cl2NO2. The predicted molar refractivity (Wildman–Crippen MR) is 81.6 cm³/mol. The highest BCUT2D eigenvalue weighted by molar-refractivity contribution is 6.35. The molecular weight excluding hydrogens is 297 g/mol. The minimum absolute atomic E-state index is 0.0393. The summed E-state index contributed by atoms with van der Waals surface area (Å²) in [5.74, 6) is -0.829. The first kappa shape index (κ1) is 14.7. The van der Waals surface area contributed by atoms with Crippen molar-refractivity contribution in [2.75, 3.05) is 5.32 Å². The SMILES string of the molecule is O=C(O)Cc1ccc(CNc2cc(Cl)cc(Cl)c2)cc1. The lowest BCUT2D eigenvalue weighted by atomic mass is 10.1. The minimum atomic E-state index is -0.829. The van der Waals surface area contributed by atoms with Crippen LogP contribution in [0.5, 0.6) is 0 Å². The summed E-state index contributed by atoms with van der Waals surface area (Å²) in [4.78, 5) is 10.6. The molecule has 0 aliphatic carbocycles. The van der Waals surface area contributed by atoms with Gasteiger partial charge in [0, 0.05) is 22.3 Å². The van der Waals surface area contributed by atoms with Gasteiger partial charge in [-0.3, -0.25) is 4.79 Å². The predicted octanol–water partition coefficient (Wildman–Crippen LogP) is 4.23.